The standard InChI is InChI=1S/C26H29F2N5O2S/c1-17-7-8-26(18-5-3-2-4-6-18)36(34,35)33(17)14-19-10-23(28)25(12-22(19)27)32-13-20-9-21(32)11-24(20)31-15-29-30-16-31/h2-6,10,12,15-17,20-21,24,26H,7-9,11,13-14H2,1H3. The van der Waals surface area contributed by atoms with Gasteiger partial charge in [-0.1, -0.05) is 30.3 Å². The fraction of sp³-hybridized carbons (Fsp3) is 0.462. The molecule has 2 aliphatic heterocycles. The summed E-state index contributed by atoms with van der Waals surface area (Å²) < 4.78 is 61.1. The summed E-state index contributed by atoms with van der Waals surface area (Å²) in [5, 5.41) is 7.10. The molecule has 190 valence electrons. The first-order valence-corrected chi connectivity index (χ1v) is 14.0. The van der Waals surface area contributed by atoms with E-state index in [4.69, 9.17) is 0 Å². The van der Waals surface area contributed by atoms with E-state index in [1.165, 1.54) is 16.4 Å². The van der Waals surface area contributed by atoms with Crippen molar-refractivity contribution in [1.29, 1.82) is 0 Å². The summed E-state index contributed by atoms with van der Waals surface area (Å²) in [6, 6.07) is 11.6. The molecule has 1 aliphatic carbocycles. The monoisotopic (exact) mass is 513 g/mol. The van der Waals surface area contributed by atoms with Crippen LogP contribution in [0.2, 0.25) is 0 Å². The molecule has 3 fully saturated rings. The molecular formula is C26H29F2N5O2S. The summed E-state index contributed by atoms with van der Waals surface area (Å²) in [5.74, 6) is -0.766. The van der Waals surface area contributed by atoms with Gasteiger partial charge in [0.15, 0.2) is 0 Å². The number of hydrogen-bond donors (Lipinski definition) is 0. The first-order valence-electron chi connectivity index (χ1n) is 12.5. The van der Waals surface area contributed by atoms with Crippen LogP contribution in [-0.2, 0) is 16.6 Å². The van der Waals surface area contributed by atoms with Gasteiger partial charge in [-0.05, 0) is 50.2 Å². The van der Waals surface area contributed by atoms with Crippen LogP contribution in [0.15, 0.2) is 55.1 Å². The van der Waals surface area contributed by atoms with Gasteiger partial charge in [0.1, 0.15) is 29.5 Å². The molecule has 0 N–H and O–H groups in total. The lowest BCUT2D eigenvalue weighted by molar-refractivity contribution is 0.278. The molecule has 5 unspecified atom stereocenters. The van der Waals surface area contributed by atoms with E-state index in [1.54, 1.807) is 12.7 Å². The Kier molecular flexibility index (Phi) is 5.83. The molecule has 7 nitrogen and oxygen atoms in total. The highest BCUT2D eigenvalue weighted by Gasteiger charge is 2.46. The van der Waals surface area contributed by atoms with Gasteiger partial charge in [-0.2, -0.15) is 4.31 Å². The second kappa shape index (κ2) is 8.92. The van der Waals surface area contributed by atoms with Crippen LogP contribution in [0.1, 0.15) is 55.0 Å². The number of halogens is 2. The van der Waals surface area contributed by atoms with Gasteiger partial charge in [0.05, 0.1) is 5.69 Å². The predicted molar refractivity (Wildman–Crippen MR) is 132 cm³/mol. The molecule has 1 saturated carbocycles. The summed E-state index contributed by atoms with van der Waals surface area (Å²) in [5.41, 5.74) is 1.04. The van der Waals surface area contributed by atoms with E-state index in [1.807, 2.05) is 46.7 Å². The predicted octanol–water partition coefficient (Wildman–Crippen LogP) is 4.45. The van der Waals surface area contributed by atoms with Crippen molar-refractivity contribution in [1.82, 2.24) is 19.1 Å². The summed E-state index contributed by atoms with van der Waals surface area (Å²) >= 11 is 0. The third kappa shape index (κ3) is 3.91. The topological polar surface area (TPSA) is 71.3 Å². The Hall–Kier alpha value is -2.85. The first kappa shape index (κ1) is 23.5. The summed E-state index contributed by atoms with van der Waals surface area (Å²) in [6.07, 6.45) is 6.33. The first-order chi connectivity index (χ1) is 17.3. The molecule has 6 rings (SSSR count). The highest BCUT2D eigenvalue weighted by atomic mass is 32.2. The number of anilines is 1. The number of benzene rings is 2. The Bertz CT molecular complexity index is 1350. The van der Waals surface area contributed by atoms with E-state index in [2.05, 4.69) is 10.2 Å². The van der Waals surface area contributed by atoms with Gasteiger partial charge in [-0.3, -0.25) is 0 Å². The van der Waals surface area contributed by atoms with Gasteiger partial charge < -0.3 is 9.47 Å². The number of piperidine rings is 1. The van der Waals surface area contributed by atoms with Crippen molar-refractivity contribution in [3.05, 3.63) is 77.9 Å². The van der Waals surface area contributed by atoms with Crippen molar-refractivity contribution in [2.75, 3.05) is 11.4 Å². The van der Waals surface area contributed by atoms with Crippen LogP contribution >= 0.6 is 0 Å². The molecule has 3 aliphatic rings. The average molecular weight is 514 g/mol. The zero-order valence-electron chi connectivity index (χ0n) is 20.0. The fourth-order valence-corrected chi connectivity index (χ4v) is 8.59. The maximum absolute atomic E-state index is 15.4. The van der Waals surface area contributed by atoms with Crippen molar-refractivity contribution < 1.29 is 17.2 Å². The molecule has 3 aromatic rings. The van der Waals surface area contributed by atoms with Gasteiger partial charge >= 0.3 is 0 Å². The lowest BCUT2D eigenvalue weighted by Gasteiger charge is -2.38. The molecule has 0 spiro atoms. The number of aromatic nitrogens is 3. The zero-order valence-corrected chi connectivity index (χ0v) is 20.9. The maximum atomic E-state index is 15.4. The highest BCUT2D eigenvalue weighted by Crippen LogP contribution is 2.47. The lowest BCUT2D eigenvalue weighted by Crippen LogP contribution is -2.45. The van der Waals surface area contributed by atoms with Gasteiger partial charge in [-0.25, -0.2) is 17.2 Å². The lowest BCUT2D eigenvalue weighted by atomic mass is 10.0. The minimum absolute atomic E-state index is 0.0621. The Morgan fingerprint density at radius 1 is 1.00 bits per heavy atom. The van der Waals surface area contributed by atoms with E-state index in [9.17, 15) is 8.42 Å². The molecule has 2 bridgehead atoms. The molecule has 3 heterocycles. The molecule has 10 heteroatoms. The molecule has 2 saturated heterocycles. The van der Waals surface area contributed by atoms with Crippen LogP contribution in [0.5, 0.6) is 0 Å². The molecule has 5 atom stereocenters. The van der Waals surface area contributed by atoms with Crippen molar-refractivity contribution in [2.45, 2.75) is 62.5 Å². The number of sulfonamides is 1. The summed E-state index contributed by atoms with van der Waals surface area (Å²) in [6.45, 7) is 2.28. The maximum Gasteiger partial charge on any atom is 0.221 e. The van der Waals surface area contributed by atoms with Crippen LogP contribution in [0, 0.1) is 17.6 Å². The second-order valence-corrected chi connectivity index (χ2v) is 12.4. The molecule has 36 heavy (non-hydrogen) atoms. The van der Waals surface area contributed by atoms with Crippen molar-refractivity contribution in [3.8, 4) is 0 Å². The molecule has 1 aromatic heterocycles. The number of fused-ring (bicyclic) bond motifs is 2. The highest BCUT2D eigenvalue weighted by molar-refractivity contribution is 7.89. The second-order valence-electron chi connectivity index (χ2n) is 10.3. The normalized spacial score (nSPS) is 29.6. The Morgan fingerprint density at radius 2 is 1.75 bits per heavy atom. The van der Waals surface area contributed by atoms with Gasteiger partial charge in [0, 0.05) is 42.8 Å². The van der Waals surface area contributed by atoms with Crippen LogP contribution in [-0.4, -0.2) is 46.1 Å². The van der Waals surface area contributed by atoms with E-state index in [0.717, 1.165) is 18.4 Å². The van der Waals surface area contributed by atoms with Crippen molar-refractivity contribution in [2.24, 2.45) is 5.92 Å². The Morgan fingerprint density at radius 3 is 2.44 bits per heavy atom. The average Bonchev–Trinajstić information content (AvgIpc) is 3.61. The molecule has 0 radical (unpaired) electrons. The van der Waals surface area contributed by atoms with E-state index in [0.29, 0.717) is 25.3 Å². The number of rotatable bonds is 5. The van der Waals surface area contributed by atoms with Gasteiger partial charge in [0.2, 0.25) is 10.0 Å². The largest absolute Gasteiger partial charge is 0.366 e. The molecule has 2 aromatic carbocycles. The van der Waals surface area contributed by atoms with E-state index in [-0.39, 0.29) is 35.9 Å². The summed E-state index contributed by atoms with van der Waals surface area (Å²) in [7, 11) is -3.73. The van der Waals surface area contributed by atoms with Gasteiger partial charge in [0.25, 0.3) is 0 Å². The van der Waals surface area contributed by atoms with Crippen LogP contribution in [0.3, 0.4) is 0 Å². The minimum atomic E-state index is -3.73. The van der Waals surface area contributed by atoms with Crippen LogP contribution in [0.4, 0.5) is 14.5 Å². The molecule has 0 amide bonds. The number of nitrogens with zero attached hydrogens (tertiary/aromatic N) is 5. The minimum Gasteiger partial charge on any atom is -0.366 e. The third-order valence-corrected chi connectivity index (χ3v) is 10.6. The molecular weight excluding hydrogens is 484 g/mol. The van der Waals surface area contributed by atoms with Gasteiger partial charge in [-0.15, -0.1) is 10.2 Å². The van der Waals surface area contributed by atoms with E-state index >= 15 is 8.78 Å². The zero-order chi connectivity index (χ0) is 25.0. The third-order valence-electron chi connectivity index (χ3n) is 8.27. The SMILES string of the molecule is CC1CCC(c2ccccc2)S(=O)(=O)N1Cc1cc(F)c(N2CC3CC2CC3n2cnnc2)cc1F. The smallest absolute Gasteiger partial charge is 0.221 e. The van der Waals surface area contributed by atoms with Crippen LogP contribution < -0.4 is 4.90 Å². The fourth-order valence-electron chi connectivity index (χ4n) is 6.41. The summed E-state index contributed by atoms with van der Waals surface area (Å²) in [4.78, 5) is 1.96. The van der Waals surface area contributed by atoms with Crippen molar-refractivity contribution >= 4 is 15.7 Å². The van der Waals surface area contributed by atoms with Crippen LogP contribution in [0.25, 0.3) is 0 Å². The van der Waals surface area contributed by atoms with E-state index < -0.39 is 26.9 Å². The van der Waals surface area contributed by atoms with Crippen molar-refractivity contribution in [3.63, 3.8) is 0 Å². The number of hydrogen-bond acceptors (Lipinski definition) is 5. The Labute approximate surface area is 209 Å². The Balaban J connectivity index is 1.23. The quantitative estimate of drug-likeness (QED) is 0.504.